The highest BCUT2D eigenvalue weighted by molar-refractivity contribution is 5.97. The van der Waals surface area contributed by atoms with Gasteiger partial charge in [-0.15, -0.1) is 0 Å². The Kier molecular flexibility index (Phi) is 4.83. The molecule has 5 nitrogen and oxygen atoms in total. The Morgan fingerprint density at radius 3 is 2.46 bits per heavy atom. The molecule has 0 atom stereocenters. The maximum atomic E-state index is 13.0. The molecule has 0 aliphatic carbocycles. The maximum absolute atomic E-state index is 13.0. The van der Waals surface area contributed by atoms with Crippen molar-refractivity contribution in [1.82, 2.24) is 4.98 Å². The molecule has 0 amide bonds. The number of nitrogens with one attached hydrogen (secondary N) is 3. The number of aromatic nitrogens is 1. The normalized spacial score (nSPS) is 21.1. The lowest BCUT2D eigenvalue weighted by atomic mass is 10.0. The molecule has 1 fully saturated rings. The van der Waals surface area contributed by atoms with Gasteiger partial charge in [0, 0.05) is 22.2 Å². The molecule has 0 spiro atoms. The van der Waals surface area contributed by atoms with E-state index in [0.717, 1.165) is 36.4 Å². The summed E-state index contributed by atoms with van der Waals surface area (Å²) in [4.78, 5) is 31.0. The second kappa shape index (κ2) is 6.87. The number of benzene rings is 1. The summed E-state index contributed by atoms with van der Waals surface area (Å²) in [5.41, 5.74) is 3.28. The molecular formula is C19H27N3O2+2. The minimum atomic E-state index is -0.0114. The van der Waals surface area contributed by atoms with Crippen LogP contribution in [0.1, 0.15) is 35.5 Å². The van der Waals surface area contributed by atoms with Crippen molar-refractivity contribution >= 4 is 16.7 Å². The third-order valence-electron chi connectivity index (χ3n) is 5.31. The molecule has 3 N–H and O–H groups in total. The summed E-state index contributed by atoms with van der Waals surface area (Å²) in [5.74, 6) is -0.0114. The van der Waals surface area contributed by atoms with Crippen LogP contribution in [-0.4, -0.2) is 43.5 Å². The van der Waals surface area contributed by atoms with E-state index in [1.54, 1.807) is 17.0 Å². The molecule has 1 saturated heterocycles. The number of fused-ring (bicyclic) bond motifs is 1. The van der Waals surface area contributed by atoms with Crippen molar-refractivity contribution < 1.29 is 14.6 Å². The lowest BCUT2D eigenvalue weighted by Crippen LogP contribution is -3.27. The van der Waals surface area contributed by atoms with Crippen LogP contribution in [0, 0.1) is 6.92 Å². The van der Waals surface area contributed by atoms with Gasteiger partial charge in [0.25, 0.3) is 0 Å². The number of H-pyrrole nitrogens is 1. The van der Waals surface area contributed by atoms with Crippen LogP contribution < -0.4 is 15.2 Å². The predicted molar refractivity (Wildman–Crippen MR) is 94.9 cm³/mol. The van der Waals surface area contributed by atoms with Crippen LogP contribution in [0.2, 0.25) is 0 Å². The molecule has 2 aromatic rings. The van der Waals surface area contributed by atoms with Crippen LogP contribution >= 0.6 is 0 Å². The van der Waals surface area contributed by atoms with Gasteiger partial charge in [-0.2, -0.15) is 0 Å². The molecule has 1 aliphatic heterocycles. The average molecular weight is 329 g/mol. The number of Topliss-reactive ketones (excluding diaryl/α,β-unsaturated/α-hetero) is 1. The van der Waals surface area contributed by atoms with Gasteiger partial charge in [-0.1, -0.05) is 0 Å². The second-order valence-electron chi connectivity index (χ2n) is 6.90. The molecule has 1 aromatic carbocycles. The SMILES string of the molecule is CC[NH+]1CC[NH+](Cc2c(C)[nH]c3ccc(C(C)=O)cc3c2=O)CC1. The summed E-state index contributed by atoms with van der Waals surface area (Å²) in [6.07, 6.45) is 0. The van der Waals surface area contributed by atoms with E-state index in [1.165, 1.54) is 31.5 Å². The fourth-order valence-corrected chi connectivity index (χ4v) is 3.62. The first-order valence-corrected chi connectivity index (χ1v) is 8.83. The smallest absolute Gasteiger partial charge is 0.198 e. The van der Waals surface area contributed by atoms with Crippen molar-refractivity contribution in [1.29, 1.82) is 0 Å². The van der Waals surface area contributed by atoms with E-state index < -0.39 is 0 Å². The highest BCUT2D eigenvalue weighted by atomic mass is 16.1. The molecule has 2 heterocycles. The topological polar surface area (TPSA) is 58.8 Å². The maximum Gasteiger partial charge on any atom is 0.198 e. The Balaban J connectivity index is 1.93. The van der Waals surface area contributed by atoms with Gasteiger partial charge in [-0.25, -0.2) is 0 Å². The number of piperazine rings is 1. The first kappa shape index (κ1) is 16.9. The number of quaternary nitrogens is 2. The van der Waals surface area contributed by atoms with Crippen LogP contribution in [0.4, 0.5) is 0 Å². The average Bonchev–Trinajstić information content (AvgIpc) is 2.58. The third-order valence-corrected chi connectivity index (χ3v) is 5.31. The molecule has 0 bridgehead atoms. The van der Waals surface area contributed by atoms with Gasteiger partial charge in [0.1, 0.15) is 32.7 Å². The first-order valence-electron chi connectivity index (χ1n) is 8.83. The summed E-state index contributed by atoms with van der Waals surface area (Å²) in [6.45, 7) is 12.2. The van der Waals surface area contributed by atoms with Gasteiger partial charge in [-0.05, 0) is 39.0 Å². The van der Waals surface area contributed by atoms with E-state index in [4.69, 9.17) is 0 Å². The molecule has 1 aliphatic rings. The Morgan fingerprint density at radius 2 is 1.83 bits per heavy atom. The highest BCUT2D eigenvalue weighted by Gasteiger charge is 2.23. The number of hydrogen-bond donors (Lipinski definition) is 3. The molecule has 128 valence electrons. The molecule has 5 heteroatoms. The van der Waals surface area contributed by atoms with E-state index >= 15 is 0 Å². The van der Waals surface area contributed by atoms with E-state index in [1.807, 2.05) is 13.0 Å². The van der Waals surface area contributed by atoms with Crippen LogP contribution in [-0.2, 0) is 6.54 Å². The summed E-state index contributed by atoms with van der Waals surface area (Å²) in [5, 5.41) is 0.625. The third kappa shape index (κ3) is 3.28. The fourth-order valence-electron chi connectivity index (χ4n) is 3.62. The zero-order valence-electron chi connectivity index (χ0n) is 14.8. The minimum Gasteiger partial charge on any atom is -0.358 e. The molecule has 0 saturated carbocycles. The van der Waals surface area contributed by atoms with Crippen LogP contribution in [0.25, 0.3) is 10.9 Å². The standard InChI is InChI=1S/C19H25N3O2/c1-4-21-7-9-22(10-8-21)12-17-13(2)20-18-6-5-15(14(3)23)11-16(18)19(17)24/h5-6,11H,4,7-10,12H2,1-3H3,(H,20,24)/p+2. The van der Waals surface area contributed by atoms with Gasteiger partial charge >= 0.3 is 0 Å². The molecule has 0 unspecified atom stereocenters. The number of carbonyl (C=O) groups excluding carboxylic acids is 1. The number of pyridine rings is 1. The van der Waals surface area contributed by atoms with Crippen LogP contribution in [0.3, 0.4) is 0 Å². The largest absolute Gasteiger partial charge is 0.358 e. The Labute approximate surface area is 142 Å². The number of rotatable bonds is 4. The van der Waals surface area contributed by atoms with Crippen molar-refractivity contribution in [3.8, 4) is 0 Å². The lowest BCUT2D eigenvalue weighted by Gasteiger charge is -2.29. The van der Waals surface area contributed by atoms with Crippen molar-refractivity contribution in [2.75, 3.05) is 32.7 Å². The number of hydrogen-bond acceptors (Lipinski definition) is 2. The molecule has 3 rings (SSSR count). The summed E-state index contributed by atoms with van der Waals surface area (Å²) < 4.78 is 0. The molecular weight excluding hydrogens is 302 g/mol. The highest BCUT2D eigenvalue weighted by Crippen LogP contribution is 2.14. The lowest BCUT2D eigenvalue weighted by molar-refractivity contribution is -1.02. The number of ketones is 1. The summed E-state index contributed by atoms with van der Waals surface area (Å²) in [7, 11) is 0. The van der Waals surface area contributed by atoms with E-state index in [2.05, 4.69) is 11.9 Å². The van der Waals surface area contributed by atoms with Gasteiger partial charge in [0.05, 0.1) is 12.1 Å². The molecule has 24 heavy (non-hydrogen) atoms. The van der Waals surface area contributed by atoms with Gasteiger partial charge < -0.3 is 14.8 Å². The first-order chi connectivity index (χ1) is 11.5. The van der Waals surface area contributed by atoms with Gasteiger partial charge in [-0.3, -0.25) is 9.59 Å². The summed E-state index contributed by atoms with van der Waals surface area (Å²) in [6, 6.07) is 5.34. The summed E-state index contributed by atoms with van der Waals surface area (Å²) >= 11 is 0. The van der Waals surface area contributed by atoms with Gasteiger partial charge in [0.2, 0.25) is 0 Å². The van der Waals surface area contributed by atoms with Crippen LogP contribution in [0.5, 0.6) is 0 Å². The number of likely N-dealkylation sites (N-methyl/N-ethyl adjacent to an activating group) is 1. The fraction of sp³-hybridized carbons (Fsp3) is 0.474. The van der Waals surface area contributed by atoms with Crippen molar-refractivity contribution in [3.63, 3.8) is 0 Å². The quantitative estimate of drug-likeness (QED) is 0.653. The van der Waals surface area contributed by atoms with Crippen molar-refractivity contribution in [3.05, 3.63) is 45.2 Å². The molecule has 1 aromatic heterocycles. The molecule has 0 radical (unpaired) electrons. The van der Waals surface area contributed by atoms with Crippen molar-refractivity contribution in [2.45, 2.75) is 27.3 Å². The van der Waals surface area contributed by atoms with Crippen LogP contribution in [0.15, 0.2) is 23.0 Å². The Morgan fingerprint density at radius 1 is 1.17 bits per heavy atom. The van der Waals surface area contributed by atoms with E-state index in [-0.39, 0.29) is 11.2 Å². The van der Waals surface area contributed by atoms with Gasteiger partial charge in [0.15, 0.2) is 11.2 Å². The van der Waals surface area contributed by atoms with Crippen molar-refractivity contribution in [2.24, 2.45) is 0 Å². The second-order valence-corrected chi connectivity index (χ2v) is 6.90. The minimum absolute atomic E-state index is 0.0114. The Bertz CT molecular complexity index is 817. The van der Waals surface area contributed by atoms with E-state index in [9.17, 15) is 9.59 Å². The number of aromatic amines is 1. The van der Waals surface area contributed by atoms with E-state index in [0.29, 0.717) is 10.9 Å². The predicted octanol–water partition coefficient (Wildman–Crippen LogP) is -0.658. The monoisotopic (exact) mass is 329 g/mol. The zero-order chi connectivity index (χ0) is 17.3. The number of aryl methyl sites for hydroxylation is 1. The Hall–Kier alpha value is -1.98. The zero-order valence-corrected chi connectivity index (χ0v) is 14.8. The number of carbonyl (C=O) groups is 1.